The number of anilines is 1. The van der Waals surface area contributed by atoms with Gasteiger partial charge >= 0.3 is 0 Å². The van der Waals surface area contributed by atoms with Crippen LogP contribution >= 0.6 is 0 Å². The second kappa shape index (κ2) is 6.96. The van der Waals surface area contributed by atoms with E-state index in [4.69, 9.17) is 0 Å². The Hall–Kier alpha value is -1.62. The fourth-order valence-electron chi connectivity index (χ4n) is 1.50. The number of pyridine rings is 1. The van der Waals surface area contributed by atoms with Crippen LogP contribution in [0.15, 0.2) is 18.3 Å². The van der Waals surface area contributed by atoms with E-state index < -0.39 is 0 Å². The SMILES string of the molecule is CNc1ccc(C(=O)NC(C)CCN(C)C)nc1. The lowest BCUT2D eigenvalue weighted by Crippen LogP contribution is -2.35. The van der Waals surface area contributed by atoms with E-state index in [1.807, 2.05) is 34.1 Å². The molecule has 0 aromatic carbocycles. The molecule has 0 aliphatic carbocycles. The molecule has 1 aromatic rings. The Morgan fingerprint density at radius 2 is 2.17 bits per heavy atom. The van der Waals surface area contributed by atoms with Gasteiger partial charge in [-0.15, -0.1) is 0 Å². The summed E-state index contributed by atoms with van der Waals surface area (Å²) >= 11 is 0. The van der Waals surface area contributed by atoms with Crippen LogP contribution in [0.3, 0.4) is 0 Å². The van der Waals surface area contributed by atoms with E-state index in [2.05, 4.69) is 20.5 Å². The van der Waals surface area contributed by atoms with Gasteiger partial charge in [0.1, 0.15) is 5.69 Å². The number of hydrogen-bond acceptors (Lipinski definition) is 4. The first-order valence-electron chi connectivity index (χ1n) is 6.12. The zero-order valence-electron chi connectivity index (χ0n) is 11.5. The van der Waals surface area contributed by atoms with E-state index >= 15 is 0 Å². The lowest BCUT2D eigenvalue weighted by Gasteiger charge is -2.16. The van der Waals surface area contributed by atoms with Crippen LogP contribution in [0, 0.1) is 0 Å². The highest BCUT2D eigenvalue weighted by atomic mass is 16.1. The monoisotopic (exact) mass is 250 g/mol. The minimum absolute atomic E-state index is 0.121. The molecule has 0 saturated heterocycles. The van der Waals surface area contributed by atoms with Crippen molar-refractivity contribution in [2.45, 2.75) is 19.4 Å². The van der Waals surface area contributed by atoms with Gasteiger partial charge in [-0.05, 0) is 46.1 Å². The summed E-state index contributed by atoms with van der Waals surface area (Å²) in [7, 11) is 5.86. The molecule has 1 amide bonds. The molecule has 0 radical (unpaired) electrons. The van der Waals surface area contributed by atoms with Crippen molar-refractivity contribution in [1.82, 2.24) is 15.2 Å². The van der Waals surface area contributed by atoms with Gasteiger partial charge in [0.05, 0.1) is 11.9 Å². The molecule has 100 valence electrons. The van der Waals surface area contributed by atoms with Crippen molar-refractivity contribution < 1.29 is 4.79 Å². The first-order valence-corrected chi connectivity index (χ1v) is 6.12. The number of amides is 1. The normalized spacial score (nSPS) is 12.3. The van der Waals surface area contributed by atoms with E-state index in [0.717, 1.165) is 18.7 Å². The first kappa shape index (κ1) is 14.4. The molecule has 2 N–H and O–H groups in total. The third-order valence-electron chi connectivity index (χ3n) is 2.67. The Kier molecular flexibility index (Phi) is 5.58. The van der Waals surface area contributed by atoms with Gasteiger partial charge in [-0.25, -0.2) is 4.98 Å². The van der Waals surface area contributed by atoms with E-state index in [9.17, 15) is 4.79 Å². The van der Waals surface area contributed by atoms with Crippen LogP contribution in [-0.2, 0) is 0 Å². The average molecular weight is 250 g/mol. The molecule has 1 unspecified atom stereocenters. The minimum Gasteiger partial charge on any atom is -0.387 e. The zero-order chi connectivity index (χ0) is 13.5. The molecule has 0 spiro atoms. The Bertz CT molecular complexity index is 375. The molecule has 0 fully saturated rings. The Balaban J connectivity index is 2.48. The van der Waals surface area contributed by atoms with E-state index in [1.54, 1.807) is 12.3 Å². The topological polar surface area (TPSA) is 57.3 Å². The third kappa shape index (κ3) is 4.71. The van der Waals surface area contributed by atoms with Gasteiger partial charge in [0.2, 0.25) is 0 Å². The second-order valence-electron chi connectivity index (χ2n) is 4.65. The van der Waals surface area contributed by atoms with E-state index in [1.165, 1.54) is 0 Å². The van der Waals surface area contributed by atoms with Gasteiger partial charge < -0.3 is 15.5 Å². The first-order chi connectivity index (χ1) is 8.52. The van der Waals surface area contributed by atoms with Crippen LogP contribution in [0.4, 0.5) is 5.69 Å². The predicted octanol–water partition coefficient (Wildman–Crippen LogP) is 1.19. The minimum atomic E-state index is -0.121. The van der Waals surface area contributed by atoms with Crippen LogP contribution in [0.5, 0.6) is 0 Å². The molecule has 0 saturated carbocycles. The van der Waals surface area contributed by atoms with Gasteiger partial charge in [0.25, 0.3) is 5.91 Å². The summed E-state index contributed by atoms with van der Waals surface area (Å²) in [5.74, 6) is -0.121. The zero-order valence-corrected chi connectivity index (χ0v) is 11.5. The van der Waals surface area contributed by atoms with Crippen LogP contribution in [0.2, 0.25) is 0 Å². The fraction of sp³-hybridized carbons (Fsp3) is 0.538. The fourth-order valence-corrected chi connectivity index (χ4v) is 1.50. The highest BCUT2D eigenvalue weighted by molar-refractivity contribution is 5.92. The molecule has 0 bridgehead atoms. The van der Waals surface area contributed by atoms with Crippen molar-refractivity contribution >= 4 is 11.6 Å². The average Bonchev–Trinajstić information content (AvgIpc) is 2.36. The maximum Gasteiger partial charge on any atom is 0.270 e. The van der Waals surface area contributed by atoms with E-state index in [0.29, 0.717) is 5.69 Å². The molecular weight excluding hydrogens is 228 g/mol. The number of carbonyl (C=O) groups is 1. The number of nitrogens with zero attached hydrogens (tertiary/aromatic N) is 2. The number of hydrogen-bond donors (Lipinski definition) is 2. The molecule has 1 atom stereocenters. The summed E-state index contributed by atoms with van der Waals surface area (Å²) < 4.78 is 0. The van der Waals surface area contributed by atoms with Crippen LogP contribution in [0.25, 0.3) is 0 Å². The highest BCUT2D eigenvalue weighted by Gasteiger charge is 2.10. The predicted molar refractivity (Wildman–Crippen MR) is 73.9 cm³/mol. The maximum absolute atomic E-state index is 11.9. The number of carbonyl (C=O) groups excluding carboxylic acids is 1. The molecule has 0 aliphatic rings. The number of nitrogens with one attached hydrogen (secondary N) is 2. The highest BCUT2D eigenvalue weighted by Crippen LogP contribution is 2.05. The van der Waals surface area contributed by atoms with Crippen molar-refractivity contribution in [2.75, 3.05) is 33.0 Å². The van der Waals surface area contributed by atoms with Gasteiger partial charge in [-0.2, -0.15) is 0 Å². The molecule has 0 aliphatic heterocycles. The van der Waals surface area contributed by atoms with Gasteiger partial charge in [-0.1, -0.05) is 0 Å². The maximum atomic E-state index is 11.9. The second-order valence-corrected chi connectivity index (χ2v) is 4.65. The summed E-state index contributed by atoms with van der Waals surface area (Å²) in [5, 5.41) is 5.91. The molecule has 18 heavy (non-hydrogen) atoms. The van der Waals surface area contributed by atoms with Crippen molar-refractivity contribution in [1.29, 1.82) is 0 Å². The lowest BCUT2D eigenvalue weighted by atomic mass is 10.2. The molecule has 5 nitrogen and oxygen atoms in total. The molecule has 1 rings (SSSR count). The van der Waals surface area contributed by atoms with Crippen molar-refractivity contribution in [2.24, 2.45) is 0 Å². The summed E-state index contributed by atoms with van der Waals surface area (Å²) in [4.78, 5) is 18.1. The number of aromatic nitrogens is 1. The van der Waals surface area contributed by atoms with Crippen LogP contribution in [0.1, 0.15) is 23.8 Å². The molecular formula is C13H22N4O. The largest absolute Gasteiger partial charge is 0.387 e. The summed E-state index contributed by atoms with van der Waals surface area (Å²) in [6, 6.07) is 3.71. The summed E-state index contributed by atoms with van der Waals surface area (Å²) in [5.41, 5.74) is 1.35. The van der Waals surface area contributed by atoms with Gasteiger partial charge in [0.15, 0.2) is 0 Å². The lowest BCUT2D eigenvalue weighted by molar-refractivity contribution is 0.0932. The summed E-state index contributed by atoms with van der Waals surface area (Å²) in [6.45, 7) is 2.96. The van der Waals surface area contributed by atoms with Crippen molar-refractivity contribution in [3.8, 4) is 0 Å². The quantitative estimate of drug-likeness (QED) is 0.796. The van der Waals surface area contributed by atoms with Crippen LogP contribution < -0.4 is 10.6 Å². The van der Waals surface area contributed by atoms with Crippen LogP contribution in [-0.4, -0.2) is 49.5 Å². The van der Waals surface area contributed by atoms with Crippen molar-refractivity contribution in [3.05, 3.63) is 24.0 Å². The molecule has 1 aromatic heterocycles. The van der Waals surface area contributed by atoms with Gasteiger partial charge in [0, 0.05) is 13.1 Å². The van der Waals surface area contributed by atoms with Gasteiger partial charge in [-0.3, -0.25) is 4.79 Å². The molecule has 5 heteroatoms. The van der Waals surface area contributed by atoms with E-state index in [-0.39, 0.29) is 11.9 Å². The van der Waals surface area contributed by atoms with Crippen molar-refractivity contribution in [3.63, 3.8) is 0 Å². The number of rotatable bonds is 6. The Labute approximate surface area is 109 Å². The Morgan fingerprint density at radius 1 is 1.44 bits per heavy atom. The molecule has 1 heterocycles. The smallest absolute Gasteiger partial charge is 0.270 e. The summed E-state index contributed by atoms with van der Waals surface area (Å²) in [6.07, 6.45) is 2.58. The standard InChI is InChI=1S/C13H22N4O/c1-10(7-8-17(3)4)16-13(18)12-6-5-11(14-2)9-15-12/h5-6,9-10,14H,7-8H2,1-4H3,(H,16,18). The Morgan fingerprint density at radius 3 is 2.67 bits per heavy atom. The third-order valence-corrected chi connectivity index (χ3v) is 2.67.